The number of aromatic amines is 1. The molecule has 0 aromatic carbocycles. The minimum Gasteiger partial charge on any atom is -0.395 e. The van der Waals surface area contributed by atoms with E-state index >= 15 is 0 Å². The Morgan fingerprint density at radius 3 is 3.00 bits per heavy atom. The number of nitrogens with two attached hydrogens (primary N) is 1. The molecule has 0 spiro atoms. The molecule has 0 radical (unpaired) electrons. The number of fused-ring (bicyclic) bond motifs is 1. The van der Waals surface area contributed by atoms with Gasteiger partial charge in [0.1, 0.15) is 11.1 Å². The van der Waals surface area contributed by atoms with Crippen molar-refractivity contribution in [3.8, 4) is 6.07 Å². The average Bonchev–Trinajstić information content (AvgIpc) is 3.06. The molecule has 0 bridgehead atoms. The van der Waals surface area contributed by atoms with Crippen LogP contribution in [0.3, 0.4) is 0 Å². The highest BCUT2D eigenvalue weighted by atomic mass is 32.1. The molecule has 2 aromatic heterocycles. The fourth-order valence-electron chi connectivity index (χ4n) is 2.38. The van der Waals surface area contributed by atoms with Gasteiger partial charge < -0.3 is 11.1 Å². The smallest absolute Gasteiger partial charge is 0.278 e. The number of nitriles is 1. The second kappa shape index (κ2) is 4.65. The molecule has 2 aromatic rings. The number of rotatable bonds is 2. The summed E-state index contributed by atoms with van der Waals surface area (Å²) in [5, 5.41) is 19.2. The number of thiophene rings is 1. The third kappa shape index (κ3) is 1.85. The lowest BCUT2D eigenvalue weighted by molar-refractivity contribution is 0.102. The first-order valence-electron chi connectivity index (χ1n) is 6.28. The van der Waals surface area contributed by atoms with E-state index in [1.165, 1.54) is 16.2 Å². The molecule has 20 heavy (non-hydrogen) atoms. The molecule has 0 aliphatic heterocycles. The Morgan fingerprint density at radius 2 is 2.35 bits per heavy atom. The average molecular weight is 287 g/mol. The quantitative estimate of drug-likeness (QED) is 0.784. The molecular weight excluding hydrogens is 274 g/mol. The standard InChI is InChI=1S/C13H13N5OS/c1-6-10(15)11(18-17-6)12(19)16-13-8(5-14)7-3-2-4-9(7)20-13/h2-4,15H2,1H3,(H,16,19)(H,17,18). The van der Waals surface area contributed by atoms with E-state index < -0.39 is 0 Å². The molecule has 1 aliphatic rings. The highest BCUT2D eigenvalue weighted by Gasteiger charge is 2.24. The van der Waals surface area contributed by atoms with Gasteiger partial charge in [-0.3, -0.25) is 9.89 Å². The molecule has 1 amide bonds. The Labute approximate surface area is 119 Å². The molecule has 4 N–H and O–H groups in total. The summed E-state index contributed by atoms with van der Waals surface area (Å²) >= 11 is 1.48. The Balaban J connectivity index is 1.91. The zero-order valence-electron chi connectivity index (χ0n) is 10.9. The zero-order chi connectivity index (χ0) is 14.3. The van der Waals surface area contributed by atoms with Gasteiger partial charge in [-0.2, -0.15) is 10.4 Å². The van der Waals surface area contributed by atoms with Crippen molar-refractivity contribution in [2.45, 2.75) is 26.2 Å². The van der Waals surface area contributed by atoms with Crippen molar-refractivity contribution in [3.63, 3.8) is 0 Å². The number of hydrogen-bond acceptors (Lipinski definition) is 5. The van der Waals surface area contributed by atoms with Crippen molar-refractivity contribution in [2.24, 2.45) is 0 Å². The maximum absolute atomic E-state index is 12.2. The lowest BCUT2D eigenvalue weighted by atomic mass is 10.1. The maximum atomic E-state index is 12.2. The van der Waals surface area contributed by atoms with Crippen LogP contribution in [0.1, 0.15) is 38.6 Å². The van der Waals surface area contributed by atoms with Crippen LogP contribution in [0.25, 0.3) is 0 Å². The molecule has 0 saturated carbocycles. The molecule has 102 valence electrons. The molecule has 2 heterocycles. The fraction of sp³-hybridized carbons (Fsp3) is 0.308. The van der Waals surface area contributed by atoms with E-state index in [2.05, 4.69) is 21.6 Å². The number of carbonyl (C=O) groups excluding carboxylic acids is 1. The molecule has 1 aliphatic carbocycles. The lowest BCUT2D eigenvalue weighted by Gasteiger charge is -2.02. The highest BCUT2D eigenvalue weighted by Crippen LogP contribution is 2.38. The van der Waals surface area contributed by atoms with E-state index in [9.17, 15) is 10.1 Å². The Bertz CT molecular complexity index is 737. The number of hydrogen-bond donors (Lipinski definition) is 3. The van der Waals surface area contributed by atoms with Gasteiger partial charge in [-0.15, -0.1) is 11.3 Å². The van der Waals surface area contributed by atoms with Crippen molar-refractivity contribution >= 4 is 27.9 Å². The van der Waals surface area contributed by atoms with Crippen LogP contribution in [-0.2, 0) is 12.8 Å². The number of nitrogen functional groups attached to an aromatic ring is 1. The summed E-state index contributed by atoms with van der Waals surface area (Å²) in [5.41, 5.74) is 8.61. The van der Waals surface area contributed by atoms with Gasteiger partial charge in [-0.1, -0.05) is 0 Å². The SMILES string of the molecule is Cc1[nH]nc(C(=O)Nc2sc3c(c2C#N)CCC3)c1N. The highest BCUT2D eigenvalue weighted by molar-refractivity contribution is 7.16. The first-order chi connectivity index (χ1) is 9.61. The summed E-state index contributed by atoms with van der Waals surface area (Å²) in [6.07, 6.45) is 2.97. The third-order valence-corrected chi connectivity index (χ3v) is 4.68. The Hall–Kier alpha value is -2.33. The van der Waals surface area contributed by atoms with Crippen molar-refractivity contribution in [2.75, 3.05) is 11.1 Å². The molecule has 0 atom stereocenters. The molecular formula is C13H13N5OS. The van der Waals surface area contributed by atoms with E-state index in [1.54, 1.807) is 6.92 Å². The number of nitrogens with zero attached hydrogens (tertiary/aromatic N) is 2. The van der Waals surface area contributed by atoms with Gasteiger partial charge in [-0.25, -0.2) is 0 Å². The first-order valence-corrected chi connectivity index (χ1v) is 7.10. The molecule has 7 heteroatoms. The second-order valence-corrected chi connectivity index (χ2v) is 5.84. The van der Waals surface area contributed by atoms with Gasteiger partial charge in [-0.05, 0) is 31.7 Å². The van der Waals surface area contributed by atoms with E-state index in [4.69, 9.17) is 5.73 Å². The van der Waals surface area contributed by atoms with Crippen molar-refractivity contribution in [1.82, 2.24) is 10.2 Å². The number of carbonyl (C=O) groups is 1. The summed E-state index contributed by atoms with van der Waals surface area (Å²) in [4.78, 5) is 13.4. The van der Waals surface area contributed by atoms with Crippen molar-refractivity contribution in [1.29, 1.82) is 5.26 Å². The summed E-state index contributed by atoms with van der Waals surface area (Å²) in [6.45, 7) is 1.75. The van der Waals surface area contributed by atoms with Crippen LogP contribution < -0.4 is 11.1 Å². The fourth-order valence-corrected chi connectivity index (χ4v) is 3.62. The monoisotopic (exact) mass is 287 g/mol. The second-order valence-electron chi connectivity index (χ2n) is 4.74. The van der Waals surface area contributed by atoms with Crippen LogP contribution in [0.15, 0.2) is 0 Å². The molecule has 0 unspecified atom stereocenters. The number of aryl methyl sites for hydroxylation is 2. The first kappa shape index (κ1) is 12.7. The van der Waals surface area contributed by atoms with Gasteiger partial charge in [0, 0.05) is 4.88 Å². The van der Waals surface area contributed by atoms with Crippen LogP contribution in [-0.4, -0.2) is 16.1 Å². The predicted molar refractivity (Wildman–Crippen MR) is 76.7 cm³/mol. The van der Waals surface area contributed by atoms with E-state index in [0.717, 1.165) is 24.8 Å². The summed E-state index contributed by atoms with van der Waals surface area (Å²) in [5.74, 6) is -0.386. The van der Waals surface area contributed by atoms with Crippen LogP contribution >= 0.6 is 11.3 Å². The summed E-state index contributed by atoms with van der Waals surface area (Å²) in [6, 6.07) is 2.19. The normalized spacial score (nSPS) is 13.0. The van der Waals surface area contributed by atoms with Crippen molar-refractivity contribution < 1.29 is 4.79 Å². The Morgan fingerprint density at radius 1 is 1.55 bits per heavy atom. The summed E-state index contributed by atoms with van der Waals surface area (Å²) in [7, 11) is 0. The van der Waals surface area contributed by atoms with Gasteiger partial charge >= 0.3 is 0 Å². The van der Waals surface area contributed by atoms with E-state index in [0.29, 0.717) is 21.9 Å². The molecule has 0 saturated heterocycles. The molecule has 0 fully saturated rings. The number of nitrogens with one attached hydrogen (secondary N) is 2. The topological polar surface area (TPSA) is 108 Å². The minimum atomic E-state index is -0.386. The number of H-pyrrole nitrogens is 1. The van der Waals surface area contributed by atoms with Gasteiger partial charge in [0.25, 0.3) is 5.91 Å². The van der Waals surface area contributed by atoms with Crippen LogP contribution in [0.4, 0.5) is 10.7 Å². The van der Waals surface area contributed by atoms with Crippen LogP contribution in [0.5, 0.6) is 0 Å². The van der Waals surface area contributed by atoms with Crippen LogP contribution in [0.2, 0.25) is 0 Å². The van der Waals surface area contributed by atoms with Gasteiger partial charge in [0.2, 0.25) is 0 Å². The minimum absolute atomic E-state index is 0.167. The maximum Gasteiger partial charge on any atom is 0.278 e. The predicted octanol–water partition coefficient (Wildman–Crippen LogP) is 1.97. The lowest BCUT2D eigenvalue weighted by Crippen LogP contribution is -2.14. The van der Waals surface area contributed by atoms with Crippen LogP contribution in [0, 0.1) is 18.3 Å². The van der Waals surface area contributed by atoms with Gasteiger partial charge in [0.05, 0.1) is 16.9 Å². The third-order valence-electron chi connectivity index (χ3n) is 3.47. The zero-order valence-corrected chi connectivity index (χ0v) is 11.7. The van der Waals surface area contributed by atoms with Crippen molar-refractivity contribution in [3.05, 3.63) is 27.4 Å². The van der Waals surface area contributed by atoms with E-state index in [-0.39, 0.29) is 11.6 Å². The molecule has 3 rings (SSSR count). The number of aromatic nitrogens is 2. The number of amides is 1. The Kier molecular flexibility index (Phi) is 2.95. The molecule has 6 nitrogen and oxygen atoms in total. The number of anilines is 2. The van der Waals surface area contributed by atoms with E-state index in [1.807, 2.05) is 0 Å². The summed E-state index contributed by atoms with van der Waals surface area (Å²) < 4.78 is 0. The van der Waals surface area contributed by atoms with Gasteiger partial charge in [0.15, 0.2) is 5.69 Å². The largest absolute Gasteiger partial charge is 0.395 e.